The second kappa shape index (κ2) is 7.64. The van der Waals surface area contributed by atoms with Crippen molar-refractivity contribution in [1.82, 2.24) is 4.57 Å². The molecule has 0 radical (unpaired) electrons. The molecule has 1 aromatic heterocycles. The zero-order valence-electron chi connectivity index (χ0n) is 15.4. The maximum Gasteiger partial charge on any atom is 0.377 e. The molecule has 0 atom stereocenters. The van der Waals surface area contributed by atoms with Crippen LogP contribution in [0.3, 0.4) is 0 Å². The highest BCUT2D eigenvalue weighted by molar-refractivity contribution is 6.09. The van der Waals surface area contributed by atoms with Gasteiger partial charge in [0.05, 0.1) is 0 Å². The van der Waals surface area contributed by atoms with E-state index in [9.17, 15) is 9.59 Å². The Morgan fingerprint density at radius 3 is 2.71 bits per heavy atom. The van der Waals surface area contributed by atoms with E-state index in [4.69, 9.17) is 14.2 Å². The molecular weight excluding hydrogens is 360 g/mol. The van der Waals surface area contributed by atoms with Gasteiger partial charge >= 0.3 is 5.97 Å². The Morgan fingerprint density at radius 2 is 1.93 bits per heavy atom. The van der Waals surface area contributed by atoms with Crippen LogP contribution >= 0.6 is 0 Å². The predicted octanol–water partition coefficient (Wildman–Crippen LogP) is 3.18. The Bertz CT molecular complexity index is 1080. The van der Waals surface area contributed by atoms with Crippen LogP contribution in [-0.4, -0.2) is 36.3 Å². The van der Waals surface area contributed by atoms with Crippen molar-refractivity contribution in [3.05, 3.63) is 54.5 Å². The molecule has 7 heteroatoms. The van der Waals surface area contributed by atoms with Crippen molar-refractivity contribution in [3.63, 3.8) is 0 Å². The summed E-state index contributed by atoms with van der Waals surface area (Å²) in [5.74, 6) is -1.19. The molecule has 1 aliphatic heterocycles. The van der Waals surface area contributed by atoms with Crippen LogP contribution in [0.25, 0.3) is 21.8 Å². The first-order valence-electron chi connectivity index (χ1n) is 9.10. The van der Waals surface area contributed by atoms with Gasteiger partial charge in [-0.1, -0.05) is 18.2 Å². The van der Waals surface area contributed by atoms with E-state index in [1.807, 2.05) is 30.3 Å². The monoisotopic (exact) mass is 380 g/mol. The lowest BCUT2D eigenvalue weighted by molar-refractivity contribution is -0.148. The fourth-order valence-corrected chi connectivity index (χ4v) is 3.35. The first-order valence-corrected chi connectivity index (χ1v) is 9.10. The van der Waals surface area contributed by atoms with E-state index in [2.05, 4.69) is 28.9 Å². The second-order valence-electron chi connectivity index (χ2n) is 6.32. The highest BCUT2D eigenvalue weighted by Gasteiger charge is 2.18. The number of ether oxygens (including phenoxy) is 3. The summed E-state index contributed by atoms with van der Waals surface area (Å²) in [5.41, 5.74) is 2.90. The molecule has 2 aromatic carbocycles. The number of carbonyl (C=O) groups excluding carboxylic acids is 2. The topological polar surface area (TPSA) is 78.8 Å². The molecule has 0 unspecified atom stereocenters. The number of carbonyl (C=O) groups is 2. The summed E-state index contributed by atoms with van der Waals surface area (Å²) in [5, 5.41) is 4.96. The lowest BCUT2D eigenvalue weighted by atomic mass is 10.1. The fraction of sp³-hybridized carbons (Fsp3) is 0.238. The second-order valence-corrected chi connectivity index (χ2v) is 6.32. The normalized spacial score (nSPS) is 13.5. The Labute approximate surface area is 161 Å². The summed E-state index contributed by atoms with van der Waals surface area (Å²) in [7, 11) is 0. The van der Waals surface area contributed by atoms with Crippen molar-refractivity contribution in [2.45, 2.75) is 13.5 Å². The number of hydrogen-bond acceptors (Lipinski definition) is 5. The van der Waals surface area contributed by atoms with Crippen LogP contribution in [0.4, 0.5) is 5.69 Å². The number of hydrogen-bond donors (Lipinski definition) is 1. The van der Waals surface area contributed by atoms with Gasteiger partial charge in [0, 0.05) is 34.0 Å². The van der Waals surface area contributed by atoms with E-state index in [0.717, 1.165) is 28.4 Å². The molecule has 144 valence electrons. The number of fused-ring (bicyclic) bond motifs is 3. The van der Waals surface area contributed by atoms with E-state index >= 15 is 0 Å². The molecule has 0 saturated heterocycles. The third-order valence-corrected chi connectivity index (χ3v) is 4.56. The van der Waals surface area contributed by atoms with Crippen molar-refractivity contribution < 1.29 is 23.8 Å². The fourth-order valence-electron chi connectivity index (χ4n) is 3.35. The summed E-state index contributed by atoms with van der Waals surface area (Å²) in [6.45, 7) is 3.21. The number of aryl methyl sites for hydroxylation is 1. The molecule has 7 nitrogen and oxygen atoms in total. The van der Waals surface area contributed by atoms with E-state index < -0.39 is 18.5 Å². The number of para-hydroxylation sites is 1. The van der Waals surface area contributed by atoms with Crippen molar-refractivity contribution >= 4 is 39.4 Å². The third-order valence-electron chi connectivity index (χ3n) is 4.56. The maximum atomic E-state index is 12.2. The molecule has 0 aliphatic carbocycles. The van der Waals surface area contributed by atoms with Crippen LogP contribution in [0.1, 0.15) is 6.92 Å². The molecule has 28 heavy (non-hydrogen) atoms. The number of anilines is 1. The van der Waals surface area contributed by atoms with E-state index in [-0.39, 0.29) is 12.4 Å². The quantitative estimate of drug-likeness (QED) is 0.688. The van der Waals surface area contributed by atoms with Crippen LogP contribution in [0.5, 0.6) is 0 Å². The van der Waals surface area contributed by atoms with Gasteiger partial charge in [-0.05, 0) is 31.2 Å². The Kier molecular flexibility index (Phi) is 4.89. The Morgan fingerprint density at radius 1 is 1.11 bits per heavy atom. The largest absolute Gasteiger partial charge is 0.493 e. The minimum Gasteiger partial charge on any atom is -0.493 e. The van der Waals surface area contributed by atoms with Crippen LogP contribution < -0.4 is 5.32 Å². The van der Waals surface area contributed by atoms with Gasteiger partial charge in [0.15, 0.2) is 6.61 Å². The van der Waals surface area contributed by atoms with E-state index in [0.29, 0.717) is 12.3 Å². The molecule has 3 aromatic rings. The van der Waals surface area contributed by atoms with Crippen LogP contribution in [-0.2, 0) is 30.3 Å². The summed E-state index contributed by atoms with van der Waals surface area (Å²) in [6.07, 6.45) is 1.20. The Hall–Kier alpha value is -3.48. The number of rotatable bonds is 5. The number of esters is 1. The number of nitrogens with one attached hydrogen (secondary N) is 1. The van der Waals surface area contributed by atoms with Crippen molar-refractivity contribution in [1.29, 1.82) is 0 Å². The first kappa shape index (κ1) is 17.9. The predicted molar refractivity (Wildman–Crippen MR) is 105 cm³/mol. The Balaban J connectivity index is 1.48. The van der Waals surface area contributed by atoms with Gasteiger partial charge in [-0.15, -0.1) is 0 Å². The van der Waals surface area contributed by atoms with Gasteiger partial charge in [-0.25, -0.2) is 4.79 Å². The molecule has 0 fully saturated rings. The van der Waals surface area contributed by atoms with Crippen LogP contribution in [0.15, 0.2) is 54.5 Å². The molecule has 0 spiro atoms. The summed E-state index contributed by atoms with van der Waals surface area (Å²) >= 11 is 0. The molecule has 2 heterocycles. The zero-order chi connectivity index (χ0) is 19.5. The lowest BCUT2D eigenvalue weighted by Gasteiger charge is -2.14. The third kappa shape index (κ3) is 3.38. The maximum absolute atomic E-state index is 12.2. The van der Waals surface area contributed by atoms with Crippen molar-refractivity contribution in [3.8, 4) is 0 Å². The van der Waals surface area contributed by atoms with Crippen molar-refractivity contribution in [2.75, 3.05) is 25.1 Å². The summed E-state index contributed by atoms with van der Waals surface area (Å²) in [4.78, 5) is 24.0. The van der Waals surface area contributed by atoms with Gasteiger partial charge in [0.2, 0.25) is 5.76 Å². The minimum absolute atomic E-state index is 0.0344. The number of aromatic nitrogens is 1. The number of nitrogens with zero attached hydrogens (tertiary/aromatic N) is 1. The molecule has 1 N–H and O–H groups in total. The summed E-state index contributed by atoms with van der Waals surface area (Å²) in [6, 6.07) is 13.9. The molecular formula is C21H20N2O5. The van der Waals surface area contributed by atoms with E-state index in [1.165, 1.54) is 6.26 Å². The highest BCUT2D eigenvalue weighted by Crippen LogP contribution is 2.30. The van der Waals surface area contributed by atoms with Gasteiger partial charge in [-0.3, -0.25) is 4.79 Å². The van der Waals surface area contributed by atoms with Gasteiger partial charge in [0.25, 0.3) is 5.91 Å². The molecule has 0 bridgehead atoms. The number of amides is 1. The standard InChI is InChI=1S/C21H20N2O5/c1-2-23-17-6-4-3-5-15(17)16-11-14(7-8-18(16)23)22-20(24)13-28-21(25)19-12-26-9-10-27-19/h3-8,11-12H,2,9-10,13H2,1H3,(H,22,24). The highest BCUT2D eigenvalue weighted by atomic mass is 16.6. The summed E-state index contributed by atoms with van der Waals surface area (Å²) < 4.78 is 17.3. The smallest absolute Gasteiger partial charge is 0.377 e. The number of benzene rings is 2. The molecule has 1 amide bonds. The zero-order valence-corrected chi connectivity index (χ0v) is 15.4. The minimum atomic E-state index is -0.726. The van der Waals surface area contributed by atoms with Gasteiger partial charge < -0.3 is 24.1 Å². The SMILES string of the molecule is CCn1c2ccccc2c2cc(NC(=O)COC(=O)C3=COCCO3)ccc21. The first-order chi connectivity index (χ1) is 13.7. The average molecular weight is 380 g/mol. The van der Waals surface area contributed by atoms with Crippen molar-refractivity contribution in [2.24, 2.45) is 0 Å². The van der Waals surface area contributed by atoms with Gasteiger partial charge in [-0.2, -0.15) is 0 Å². The lowest BCUT2D eigenvalue weighted by Crippen LogP contribution is -2.23. The molecule has 4 rings (SSSR count). The van der Waals surface area contributed by atoms with Crippen LogP contribution in [0, 0.1) is 0 Å². The van der Waals surface area contributed by atoms with Gasteiger partial charge in [0.1, 0.15) is 19.5 Å². The molecule has 0 saturated carbocycles. The average Bonchev–Trinajstić information content (AvgIpc) is 3.05. The molecule has 1 aliphatic rings. The van der Waals surface area contributed by atoms with E-state index in [1.54, 1.807) is 0 Å². The van der Waals surface area contributed by atoms with Crippen LogP contribution in [0.2, 0.25) is 0 Å².